The number of hydrogen-bond acceptors (Lipinski definition) is 4. The molecule has 88 valence electrons. The van der Waals surface area contributed by atoms with Crippen LogP contribution in [0.3, 0.4) is 0 Å². The molecule has 1 saturated heterocycles. The largest absolute Gasteiger partial charge is 0.506 e. The van der Waals surface area contributed by atoms with Gasteiger partial charge in [-0.25, -0.2) is 0 Å². The number of ether oxygens (including phenoxy) is 1. The number of para-hydroxylation sites is 1. The maximum Gasteiger partial charge on any atom is 0.138 e. The SMILES string of the molecule is Oc1c(Cl)cccc1CNC1COCC1O. The zero-order valence-corrected chi connectivity index (χ0v) is 9.44. The summed E-state index contributed by atoms with van der Waals surface area (Å²) in [5.41, 5.74) is 0.714. The zero-order valence-electron chi connectivity index (χ0n) is 8.69. The lowest BCUT2D eigenvalue weighted by Crippen LogP contribution is -2.38. The molecule has 1 aliphatic heterocycles. The van der Waals surface area contributed by atoms with Gasteiger partial charge in [0.15, 0.2) is 0 Å². The highest BCUT2D eigenvalue weighted by atomic mass is 35.5. The van der Waals surface area contributed by atoms with E-state index >= 15 is 0 Å². The Bertz CT molecular complexity index is 372. The van der Waals surface area contributed by atoms with Crippen molar-refractivity contribution < 1.29 is 14.9 Å². The summed E-state index contributed by atoms with van der Waals surface area (Å²) in [7, 11) is 0. The molecule has 1 heterocycles. The Morgan fingerprint density at radius 1 is 1.44 bits per heavy atom. The first-order valence-corrected chi connectivity index (χ1v) is 5.52. The van der Waals surface area contributed by atoms with Crippen molar-refractivity contribution in [2.75, 3.05) is 13.2 Å². The Morgan fingerprint density at radius 3 is 2.94 bits per heavy atom. The van der Waals surface area contributed by atoms with Crippen molar-refractivity contribution in [3.05, 3.63) is 28.8 Å². The van der Waals surface area contributed by atoms with Crippen LogP contribution in [0, 0.1) is 0 Å². The molecule has 0 aliphatic carbocycles. The first-order valence-electron chi connectivity index (χ1n) is 5.14. The number of rotatable bonds is 3. The predicted octanol–water partition coefficient (Wildman–Crippen LogP) is 0.895. The molecule has 2 unspecified atom stereocenters. The molecule has 0 spiro atoms. The first-order chi connectivity index (χ1) is 7.68. The molecule has 2 atom stereocenters. The van der Waals surface area contributed by atoms with E-state index in [1.165, 1.54) is 0 Å². The third-order valence-electron chi connectivity index (χ3n) is 2.68. The first kappa shape index (κ1) is 11.7. The Balaban J connectivity index is 1.96. The molecule has 1 fully saturated rings. The van der Waals surface area contributed by atoms with Gasteiger partial charge in [0.2, 0.25) is 0 Å². The molecule has 1 aromatic rings. The van der Waals surface area contributed by atoms with Gasteiger partial charge < -0.3 is 20.3 Å². The van der Waals surface area contributed by atoms with Crippen LogP contribution in [0.15, 0.2) is 18.2 Å². The van der Waals surface area contributed by atoms with Gasteiger partial charge in [0.25, 0.3) is 0 Å². The average Bonchev–Trinajstić information content (AvgIpc) is 2.67. The van der Waals surface area contributed by atoms with E-state index in [0.717, 1.165) is 0 Å². The summed E-state index contributed by atoms with van der Waals surface area (Å²) in [4.78, 5) is 0. The fraction of sp³-hybridized carbons (Fsp3) is 0.455. The molecule has 3 N–H and O–H groups in total. The number of aromatic hydroxyl groups is 1. The number of halogens is 1. The van der Waals surface area contributed by atoms with Crippen LogP contribution in [-0.2, 0) is 11.3 Å². The Labute approximate surface area is 98.8 Å². The smallest absolute Gasteiger partial charge is 0.138 e. The molecule has 1 aromatic carbocycles. The van der Waals surface area contributed by atoms with Gasteiger partial charge in [-0.2, -0.15) is 0 Å². The van der Waals surface area contributed by atoms with Gasteiger partial charge in [-0.15, -0.1) is 0 Å². The van der Waals surface area contributed by atoms with E-state index in [0.29, 0.717) is 30.3 Å². The van der Waals surface area contributed by atoms with Gasteiger partial charge in [0.1, 0.15) is 5.75 Å². The van der Waals surface area contributed by atoms with Crippen molar-refractivity contribution in [3.63, 3.8) is 0 Å². The summed E-state index contributed by atoms with van der Waals surface area (Å²) in [6, 6.07) is 5.11. The van der Waals surface area contributed by atoms with Crippen molar-refractivity contribution in [1.29, 1.82) is 0 Å². The molecule has 0 bridgehead atoms. The number of aliphatic hydroxyl groups is 1. The van der Waals surface area contributed by atoms with Gasteiger partial charge in [0.05, 0.1) is 30.4 Å². The summed E-state index contributed by atoms with van der Waals surface area (Å²) >= 11 is 5.79. The zero-order chi connectivity index (χ0) is 11.5. The average molecular weight is 244 g/mol. The van der Waals surface area contributed by atoms with Crippen LogP contribution >= 0.6 is 11.6 Å². The van der Waals surface area contributed by atoms with Gasteiger partial charge in [0, 0.05) is 12.1 Å². The molecule has 1 aliphatic rings. The van der Waals surface area contributed by atoms with E-state index in [1.807, 2.05) is 0 Å². The molecule has 2 rings (SSSR count). The quantitative estimate of drug-likeness (QED) is 0.738. The van der Waals surface area contributed by atoms with Crippen LogP contribution in [0.4, 0.5) is 0 Å². The summed E-state index contributed by atoms with van der Waals surface area (Å²) in [5.74, 6) is 0.0880. The van der Waals surface area contributed by atoms with Crippen LogP contribution in [0.1, 0.15) is 5.56 Å². The molecule has 0 aromatic heterocycles. The molecule has 0 saturated carbocycles. The normalized spacial score (nSPS) is 24.9. The standard InChI is InChI=1S/C11H14ClNO3/c12-8-3-1-2-7(11(8)15)4-13-9-5-16-6-10(9)14/h1-3,9-10,13-15H,4-6H2. The summed E-state index contributed by atoms with van der Waals surface area (Å²) in [6.45, 7) is 1.30. The summed E-state index contributed by atoms with van der Waals surface area (Å²) in [5, 5.41) is 22.6. The lowest BCUT2D eigenvalue weighted by Gasteiger charge is -2.15. The minimum Gasteiger partial charge on any atom is -0.506 e. The second kappa shape index (κ2) is 5.01. The molecular weight excluding hydrogens is 230 g/mol. The molecule has 5 heteroatoms. The third kappa shape index (κ3) is 2.47. The Kier molecular flexibility index (Phi) is 3.66. The van der Waals surface area contributed by atoms with Crippen LogP contribution in [0.5, 0.6) is 5.75 Å². The van der Waals surface area contributed by atoms with Gasteiger partial charge >= 0.3 is 0 Å². The van der Waals surface area contributed by atoms with Crippen molar-refractivity contribution >= 4 is 11.6 Å². The molecule has 16 heavy (non-hydrogen) atoms. The Morgan fingerprint density at radius 2 is 2.25 bits per heavy atom. The number of nitrogens with one attached hydrogen (secondary N) is 1. The van der Waals surface area contributed by atoms with E-state index < -0.39 is 6.10 Å². The maximum absolute atomic E-state index is 9.67. The lowest BCUT2D eigenvalue weighted by molar-refractivity contribution is 0.122. The highest BCUT2D eigenvalue weighted by Crippen LogP contribution is 2.26. The van der Waals surface area contributed by atoms with E-state index in [9.17, 15) is 10.2 Å². The second-order valence-corrected chi connectivity index (χ2v) is 4.25. The van der Waals surface area contributed by atoms with E-state index in [4.69, 9.17) is 16.3 Å². The van der Waals surface area contributed by atoms with Crippen LogP contribution in [-0.4, -0.2) is 35.6 Å². The highest BCUT2D eigenvalue weighted by Gasteiger charge is 2.25. The number of benzene rings is 1. The summed E-state index contributed by atoms with van der Waals surface area (Å²) < 4.78 is 5.11. The van der Waals surface area contributed by atoms with Crippen molar-refractivity contribution in [3.8, 4) is 5.75 Å². The second-order valence-electron chi connectivity index (χ2n) is 3.84. The minimum absolute atomic E-state index is 0.0848. The number of hydrogen-bond donors (Lipinski definition) is 3. The molecule has 0 amide bonds. The number of phenols is 1. The fourth-order valence-electron chi connectivity index (χ4n) is 1.68. The van der Waals surface area contributed by atoms with Gasteiger partial charge in [-0.3, -0.25) is 0 Å². The summed E-state index contributed by atoms with van der Waals surface area (Å²) in [6.07, 6.45) is -0.485. The molecule has 4 nitrogen and oxygen atoms in total. The van der Waals surface area contributed by atoms with E-state index in [-0.39, 0.29) is 11.8 Å². The van der Waals surface area contributed by atoms with Crippen molar-refractivity contribution in [2.24, 2.45) is 0 Å². The van der Waals surface area contributed by atoms with E-state index in [1.54, 1.807) is 18.2 Å². The van der Waals surface area contributed by atoms with Gasteiger partial charge in [-0.05, 0) is 6.07 Å². The third-order valence-corrected chi connectivity index (χ3v) is 2.98. The van der Waals surface area contributed by atoms with Crippen LogP contribution in [0.25, 0.3) is 0 Å². The predicted molar refractivity (Wildman–Crippen MR) is 60.6 cm³/mol. The fourth-order valence-corrected chi connectivity index (χ4v) is 1.88. The molecule has 0 radical (unpaired) electrons. The maximum atomic E-state index is 9.67. The minimum atomic E-state index is -0.485. The van der Waals surface area contributed by atoms with Crippen molar-refractivity contribution in [1.82, 2.24) is 5.32 Å². The Hall–Kier alpha value is -0.810. The van der Waals surface area contributed by atoms with Crippen molar-refractivity contribution in [2.45, 2.75) is 18.7 Å². The topological polar surface area (TPSA) is 61.7 Å². The lowest BCUT2D eigenvalue weighted by atomic mass is 10.1. The van der Waals surface area contributed by atoms with E-state index in [2.05, 4.69) is 5.32 Å². The molecular formula is C11H14ClNO3. The monoisotopic (exact) mass is 243 g/mol. The van der Waals surface area contributed by atoms with Crippen LogP contribution in [0.2, 0.25) is 5.02 Å². The van der Waals surface area contributed by atoms with Crippen LogP contribution < -0.4 is 5.32 Å². The number of phenolic OH excluding ortho intramolecular Hbond substituents is 1. The number of aliphatic hydroxyl groups excluding tert-OH is 1. The highest BCUT2D eigenvalue weighted by molar-refractivity contribution is 6.32. The van der Waals surface area contributed by atoms with Gasteiger partial charge in [-0.1, -0.05) is 23.7 Å².